The highest BCUT2D eigenvalue weighted by Gasteiger charge is 2.47. The van der Waals surface area contributed by atoms with E-state index in [0.717, 1.165) is 18.3 Å². The summed E-state index contributed by atoms with van der Waals surface area (Å²) in [6.07, 6.45) is 11.3. The summed E-state index contributed by atoms with van der Waals surface area (Å²) in [6, 6.07) is 0.416. The number of nitrogens with zero attached hydrogens (tertiary/aromatic N) is 2. The van der Waals surface area contributed by atoms with Gasteiger partial charge in [0.05, 0.1) is 6.04 Å². The first-order valence-electron chi connectivity index (χ1n) is 8.52. The minimum absolute atomic E-state index is 0.127. The van der Waals surface area contributed by atoms with Gasteiger partial charge < -0.3 is 5.32 Å². The van der Waals surface area contributed by atoms with Crippen molar-refractivity contribution in [2.75, 3.05) is 13.1 Å². The lowest BCUT2D eigenvalue weighted by molar-refractivity contribution is -0.125. The fraction of sp³-hybridized carbons (Fsp3) is 0.875. The first-order valence-corrected chi connectivity index (χ1v) is 9.33. The predicted octanol–water partition coefficient (Wildman–Crippen LogP) is 3.13. The molecule has 3 fully saturated rings. The molecule has 21 heavy (non-hydrogen) atoms. The fourth-order valence-electron chi connectivity index (χ4n) is 3.61. The van der Waals surface area contributed by atoms with Crippen LogP contribution in [0.2, 0.25) is 0 Å². The summed E-state index contributed by atoms with van der Waals surface area (Å²) in [5, 5.41) is 3.90. The normalized spacial score (nSPS) is 34.9. The van der Waals surface area contributed by atoms with Gasteiger partial charge in [-0.1, -0.05) is 43.9 Å². The maximum Gasteiger partial charge on any atom is 0.257 e. The van der Waals surface area contributed by atoms with Gasteiger partial charge in [0.25, 0.3) is 5.91 Å². The summed E-state index contributed by atoms with van der Waals surface area (Å²) >= 11 is 1.64. The predicted molar refractivity (Wildman–Crippen MR) is 88.5 cm³/mol. The molecule has 3 rings (SSSR count). The van der Waals surface area contributed by atoms with Gasteiger partial charge in [0, 0.05) is 0 Å². The van der Waals surface area contributed by atoms with E-state index in [1.165, 1.54) is 57.8 Å². The second-order valence-corrected chi connectivity index (χ2v) is 8.05. The molecule has 1 atom stereocenters. The Morgan fingerprint density at radius 1 is 1.10 bits per heavy atom. The quantitative estimate of drug-likeness (QED) is 0.797. The van der Waals surface area contributed by atoms with Crippen LogP contribution in [0.4, 0.5) is 0 Å². The first-order chi connectivity index (χ1) is 10.2. The molecule has 2 saturated heterocycles. The third-order valence-corrected chi connectivity index (χ3v) is 6.26. The summed E-state index contributed by atoms with van der Waals surface area (Å²) in [5.41, 5.74) is 0. The minimum Gasteiger partial charge on any atom is -0.303 e. The van der Waals surface area contributed by atoms with Crippen molar-refractivity contribution >= 4 is 22.8 Å². The summed E-state index contributed by atoms with van der Waals surface area (Å²) in [6.45, 7) is 4.13. The molecule has 1 unspecified atom stereocenters. The minimum atomic E-state index is -0.440. The second kappa shape index (κ2) is 6.69. The van der Waals surface area contributed by atoms with E-state index in [-0.39, 0.29) is 5.91 Å². The van der Waals surface area contributed by atoms with Crippen LogP contribution in [0.3, 0.4) is 0 Å². The zero-order valence-electron chi connectivity index (χ0n) is 13.1. The smallest absolute Gasteiger partial charge is 0.257 e. The Bertz CT molecular complexity index is 412. The van der Waals surface area contributed by atoms with Gasteiger partial charge >= 0.3 is 0 Å². The highest BCUT2D eigenvalue weighted by atomic mass is 32.2. The molecule has 3 aliphatic rings. The highest BCUT2D eigenvalue weighted by molar-refractivity contribution is 8.16. The van der Waals surface area contributed by atoms with Crippen molar-refractivity contribution in [2.45, 2.75) is 75.6 Å². The molecule has 1 saturated carbocycles. The Morgan fingerprint density at radius 3 is 2.38 bits per heavy atom. The molecule has 0 aromatic heterocycles. The largest absolute Gasteiger partial charge is 0.303 e. The van der Waals surface area contributed by atoms with Crippen LogP contribution in [-0.4, -0.2) is 40.0 Å². The maximum atomic E-state index is 12.5. The number of amides is 1. The van der Waals surface area contributed by atoms with Gasteiger partial charge in [0.15, 0.2) is 10.0 Å². The molecule has 2 aliphatic heterocycles. The van der Waals surface area contributed by atoms with E-state index in [1.54, 1.807) is 11.8 Å². The van der Waals surface area contributed by atoms with Crippen LogP contribution >= 0.6 is 11.8 Å². The van der Waals surface area contributed by atoms with E-state index < -0.39 is 4.87 Å². The van der Waals surface area contributed by atoms with Crippen LogP contribution in [0.15, 0.2) is 4.99 Å². The topological polar surface area (TPSA) is 44.7 Å². The van der Waals surface area contributed by atoms with Crippen LogP contribution in [0.1, 0.15) is 64.7 Å². The highest BCUT2D eigenvalue weighted by Crippen LogP contribution is 2.37. The van der Waals surface area contributed by atoms with E-state index in [1.807, 2.05) is 0 Å². The number of carbonyl (C=O) groups is 1. The molecular formula is C16H27N3OS. The van der Waals surface area contributed by atoms with Crippen LogP contribution in [0, 0.1) is 0 Å². The molecule has 0 bridgehead atoms. The van der Waals surface area contributed by atoms with Gasteiger partial charge in [0.1, 0.15) is 0 Å². The van der Waals surface area contributed by atoms with E-state index in [2.05, 4.69) is 17.1 Å². The number of amidine groups is 1. The molecule has 118 valence electrons. The van der Waals surface area contributed by atoms with Crippen molar-refractivity contribution in [2.24, 2.45) is 4.99 Å². The average molecular weight is 309 g/mol. The molecular weight excluding hydrogens is 282 g/mol. The molecule has 0 aromatic carbocycles. The van der Waals surface area contributed by atoms with Gasteiger partial charge in [-0.3, -0.25) is 14.7 Å². The summed E-state index contributed by atoms with van der Waals surface area (Å²) in [5.74, 6) is 0.127. The number of likely N-dealkylation sites (tertiary alicyclic amines) is 1. The van der Waals surface area contributed by atoms with Gasteiger partial charge in [-0.2, -0.15) is 0 Å². The number of hydrogen-bond donors (Lipinski definition) is 1. The van der Waals surface area contributed by atoms with E-state index >= 15 is 0 Å². The first kappa shape index (κ1) is 15.3. The molecule has 1 aliphatic carbocycles. The number of aliphatic imine (C=N–C) groups is 1. The van der Waals surface area contributed by atoms with Crippen LogP contribution in [-0.2, 0) is 4.79 Å². The number of thioether (sulfide) groups is 1. The lowest BCUT2D eigenvalue weighted by Gasteiger charge is -2.37. The zero-order chi connectivity index (χ0) is 14.7. The Balaban J connectivity index is 1.68. The van der Waals surface area contributed by atoms with Gasteiger partial charge in [0.2, 0.25) is 0 Å². The van der Waals surface area contributed by atoms with Crippen molar-refractivity contribution in [3.8, 4) is 0 Å². The molecule has 5 heteroatoms. The molecule has 0 radical (unpaired) electrons. The number of hydrogen-bond acceptors (Lipinski definition) is 4. The van der Waals surface area contributed by atoms with Crippen molar-refractivity contribution in [1.29, 1.82) is 0 Å². The van der Waals surface area contributed by atoms with E-state index in [4.69, 9.17) is 4.99 Å². The van der Waals surface area contributed by atoms with Gasteiger partial charge in [-0.15, -0.1) is 0 Å². The standard InChI is InChI=1S/C16H27N3OS/c1-16(19-11-7-4-8-12-19)14(20)18-15(21-16)17-13-9-5-2-3-6-10-13/h13H,2-12H2,1H3,(H,17,18,20). The maximum absolute atomic E-state index is 12.5. The lowest BCUT2D eigenvalue weighted by Crippen LogP contribution is -2.51. The number of rotatable bonds is 2. The molecule has 1 amide bonds. The van der Waals surface area contributed by atoms with E-state index in [9.17, 15) is 4.79 Å². The Morgan fingerprint density at radius 2 is 1.71 bits per heavy atom. The van der Waals surface area contributed by atoms with E-state index in [0.29, 0.717) is 6.04 Å². The zero-order valence-corrected chi connectivity index (χ0v) is 13.9. The third-order valence-electron chi connectivity index (χ3n) is 5.02. The van der Waals surface area contributed by atoms with Crippen LogP contribution in [0.25, 0.3) is 0 Å². The van der Waals surface area contributed by atoms with Crippen LogP contribution in [0.5, 0.6) is 0 Å². The van der Waals surface area contributed by atoms with Crippen LogP contribution < -0.4 is 5.32 Å². The van der Waals surface area contributed by atoms with Gasteiger partial charge in [-0.25, -0.2) is 0 Å². The number of carbonyl (C=O) groups excluding carboxylic acids is 1. The molecule has 0 aromatic rings. The van der Waals surface area contributed by atoms with Crippen molar-refractivity contribution < 1.29 is 4.79 Å². The average Bonchev–Trinajstić information content (AvgIpc) is 2.68. The second-order valence-electron chi connectivity index (χ2n) is 6.67. The number of nitrogens with one attached hydrogen (secondary N) is 1. The Kier molecular flexibility index (Phi) is 4.89. The molecule has 1 N–H and O–H groups in total. The molecule has 0 spiro atoms. The lowest BCUT2D eigenvalue weighted by atomic mass is 10.1. The van der Waals surface area contributed by atoms with Crippen molar-refractivity contribution in [3.05, 3.63) is 0 Å². The molecule has 4 nitrogen and oxygen atoms in total. The number of piperidine rings is 1. The SMILES string of the molecule is CC1(N2CCCCC2)SC(=NC2CCCCCC2)NC1=O. The Labute approximate surface area is 132 Å². The van der Waals surface area contributed by atoms with Crippen molar-refractivity contribution in [3.63, 3.8) is 0 Å². The Hall–Kier alpha value is -0.550. The van der Waals surface area contributed by atoms with Crippen molar-refractivity contribution in [1.82, 2.24) is 10.2 Å². The summed E-state index contributed by atoms with van der Waals surface area (Å²) in [4.78, 5) is 19.2. The third kappa shape index (κ3) is 3.45. The summed E-state index contributed by atoms with van der Waals surface area (Å²) in [7, 11) is 0. The van der Waals surface area contributed by atoms with Gasteiger partial charge in [-0.05, 0) is 45.7 Å². The molecule has 2 heterocycles. The monoisotopic (exact) mass is 309 g/mol. The fourth-order valence-corrected chi connectivity index (χ4v) is 4.79. The summed E-state index contributed by atoms with van der Waals surface area (Å²) < 4.78 is 0.